The maximum atomic E-state index is 13.7. The molecular weight excluding hydrogens is 266 g/mol. The third-order valence-corrected chi connectivity index (χ3v) is 4.26. The molecule has 3 atom stereocenters. The van der Waals surface area contributed by atoms with Gasteiger partial charge in [-0.05, 0) is 29.9 Å². The zero-order valence-electron chi connectivity index (χ0n) is 10.2. The summed E-state index contributed by atoms with van der Waals surface area (Å²) in [6.45, 7) is 0. The average Bonchev–Trinajstić information content (AvgIpc) is 3.19. The molecule has 1 saturated carbocycles. The monoisotopic (exact) mass is 278 g/mol. The van der Waals surface area contributed by atoms with E-state index in [2.05, 4.69) is 12.1 Å². The van der Waals surface area contributed by atoms with Crippen LogP contribution in [0.15, 0.2) is 48.5 Å². The summed E-state index contributed by atoms with van der Waals surface area (Å²) < 4.78 is 26.6. The van der Waals surface area contributed by atoms with Gasteiger partial charge >= 0.3 is 0 Å². The molecule has 0 nitrogen and oxygen atoms in total. The Morgan fingerprint density at radius 2 is 1.79 bits per heavy atom. The molecule has 0 bridgehead atoms. The van der Waals surface area contributed by atoms with Gasteiger partial charge in [0.25, 0.3) is 0 Å². The lowest BCUT2D eigenvalue weighted by Gasteiger charge is -2.11. The van der Waals surface area contributed by atoms with E-state index in [1.165, 1.54) is 17.7 Å². The molecule has 0 radical (unpaired) electrons. The van der Waals surface area contributed by atoms with Gasteiger partial charge in [0.15, 0.2) is 0 Å². The molecule has 3 rings (SSSR count). The highest BCUT2D eigenvalue weighted by Crippen LogP contribution is 2.56. The van der Waals surface area contributed by atoms with Crippen molar-refractivity contribution in [1.29, 1.82) is 0 Å². The summed E-state index contributed by atoms with van der Waals surface area (Å²) in [7, 11) is 0. The number of benzene rings is 2. The van der Waals surface area contributed by atoms with Crippen molar-refractivity contribution < 1.29 is 8.78 Å². The van der Waals surface area contributed by atoms with E-state index in [-0.39, 0.29) is 5.92 Å². The number of rotatable bonds is 3. The predicted molar refractivity (Wildman–Crippen MR) is 72.2 cm³/mol. The summed E-state index contributed by atoms with van der Waals surface area (Å²) in [6.07, 6.45) is 0.953. The molecule has 0 spiro atoms. The highest BCUT2D eigenvalue weighted by atomic mass is 35.5. The van der Waals surface area contributed by atoms with Gasteiger partial charge in [0.05, 0.1) is 5.38 Å². The molecule has 2 aromatic carbocycles. The Labute approximate surface area is 116 Å². The SMILES string of the molecule is Fc1ccc(C(Cl)C2CC2c2ccccc2)c(F)c1. The number of hydrogen-bond donors (Lipinski definition) is 0. The molecule has 0 saturated heterocycles. The maximum absolute atomic E-state index is 13.7. The van der Waals surface area contributed by atoms with Crippen LogP contribution >= 0.6 is 11.6 Å². The van der Waals surface area contributed by atoms with Gasteiger partial charge in [-0.3, -0.25) is 0 Å². The Kier molecular flexibility index (Phi) is 3.28. The zero-order valence-corrected chi connectivity index (χ0v) is 10.9. The van der Waals surface area contributed by atoms with Crippen molar-refractivity contribution in [1.82, 2.24) is 0 Å². The largest absolute Gasteiger partial charge is 0.207 e. The Balaban J connectivity index is 1.78. The Hall–Kier alpha value is -1.41. The summed E-state index contributed by atoms with van der Waals surface area (Å²) >= 11 is 6.34. The van der Waals surface area contributed by atoms with E-state index in [9.17, 15) is 8.78 Å². The topological polar surface area (TPSA) is 0 Å². The van der Waals surface area contributed by atoms with Crippen LogP contribution < -0.4 is 0 Å². The summed E-state index contributed by atoms with van der Waals surface area (Å²) in [5.74, 6) is -0.517. The molecule has 0 aliphatic heterocycles. The molecule has 0 aromatic heterocycles. The van der Waals surface area contributed by atoms with Crippen molar-refractivity contribution in [3.05, 3.63) is 71.3 Å². The second-order valence-corrected chi connectivity index (χ2v) is 5.45. The molecule has 0 N–H and O–H groups in total. The molecule has 1 aliphatic rings. The smallest absolute Gasteiger partial charge is 0.130 e. The summed E-state index contributed by atoms with van der Waals surface area (Å²) in [4.78, 5) is 0. The van der Waals surface area contributed by atoms with Crippen molar-refractivity contribution in [3.63, 3.8) is 0 Å². The quantitative estimate of drug-likeness (QED) is 0.689. The first-order chi connectivity index (χ1) is 9.16. The number of alkyl halides is 1. The minimum absolute atomic E-state index is 0.226. The summed E-state index contributed by atoms with van der Waals surface area (Å²) in [5.41, 5.74) is 1.63. The van der Waals surface area contributed by atoms with Crippen molar-refractivity contribution in [2.45, 2.75) is 17.7 Å². The summed E-state index contributed by atoms with van der Waals surface area (Å²) in [5, 5.41) is -0.397. The minimum atomic E-state index is -0.569. The highest BCUT2D eigenvalue weighted by molar-refractivity contribution is 6.21. The van der Waals surface area contributed by atoms with E-state index < -0.39 is 17.0 Å². The molecular formula is C16H13ClF2. The van der Waals surface area contributed by atoms with Crippen LogP contribution in [0.1, 0.15) is 28.8 Å². The van der Waals surface area contributed by atoms with E-state index in [0.717, 1.165) is 12.5 Å². The van der Waals surface area contributed by atoms with Crippen LogP contribution in [0.2, 0.25) is 0 Å². The minimum Gasteiger partial charge on any atom is -0.207 e. The fraction of sp³-hybridized carbons (Fsp3) is 0.250. The predicted octanol–water partition coefficient (Wildman–Crippen LogP) is 5.05. The second kappa shape index (κ2) is 4.93. The second-order valence-electron chi connectivity index (χ2n) is 4.98. The van der Waals surface area contributed by atoms with Crippen LogP contribution in [0.5, 0.6) is 0 Å². The van der Waals surface area contributed by atoms with Crippen LogP contribution in [0.25, 0.3) is 0 Å². The standard InChI is InChI=1S/C16H13ClF2/c17-16(12-7-6-11(18)8-15(12)19)14-9-13(14)10-4-2-1-3-5-10/h1-8,13-14,16H,9H2. The van der Waals surface area contributed by atoms with Crippen molar-refractivity contribution >= 4 is 11.6 Å². The average molecular weight is 279 g/mol. The van der Waals surface area contributed by atoms with Crippen LogP contribution in [0.3, 0.4) is 0 Å². The molecule has 1 aliphatic carbocycles. The van der Waals surface area contributed by atoms with E-state index in [1.54, 1.807) is 0 Å². The van der Waals surface area contributed by atoms with Crippen LogP contribution in [0.4, 0.5) is 8.78 Å². The van der Waals surface area contributed by atoms with Gasteiger partial charge in [-0.15, -0.1) is 11.6 Å². The van der Waals surface area contributed by atoms with Gasteiger partial charge in [-0.25, -0.2) is 8.78 Å². The highest BCUT2D eigenvalue weighted by Gasteiger charge is 2.44. The summed E-state index contributed by atoms with van der Waals surface area (Å²) in [6, 6.07) is 13.7. The van der Waals surface area contributed by atoms with E-state index in [4.69, 9.17) is 11.6 Å². The fourth-order valence-corrected chi connectivity index (χ4v) is 3.03. The van der Waals surface area contributed by atoms with Crippen LogP contribution in [-0.4, -0.2) is 0 Å². The lowest BCUT2D eigenvalue weighted by Crippen LogP contribution is -1.99. The van der Waals surface area contributed by atoms with Crippen molar-refractivity contribution in [2.24, 2.45) is 5.92 Å². The first-order valence-electron chi connectivity index (χ1n) is 6.31. The normalized spacial score (nSPS) is 23.1. The maximum Gasteiger partial charge on any atom is 0.130 e. The van der Waals surface area contributed by atoms with Crippen molar-refractivity contribution in [2.75, 3.05) is 0 Å². The lowest BCUT2D eigenvalue weighted by atomic mass is 10.0. The van der Waals surface area contributed by atoms with Gasteiger partial charge < -0.3 is 0 Å². The molecule has 0 amide bonds. The fourth-order valence-electron chi connectivity index (χ4n) is 2.58. The molecule has 1 fully saturated rings. The zero-order chi connectivity index (χ0) is 13.4. The Morgan fingerprint density at radius 3 is 2.47 bits per heavy atom. The molecule has 0 heterocycles. The molecule has 98 valence electrons. The molecule has 19 heavy (non-hydrogen) atoms. The van der Waals surface area contributed by atoms with Gasteiger partial charge in [0.1, 0.15) is 11.6 Å². The number of hydrogen-bond acceptors (Lipinski definition) is 0. The first kappa shape index (κ1) is 12.6. The van der Waals surface area contributed by atoms with Gasteiger partial charge in [-0.2, -0.15) is 0 Å². The third kappa shape index (κ3) is 2.50. The van der Waals surface area contributed by atoms with Crippen LogP contribution in [-0.2, 0) is 0 Å². The van der Waals surface area contributed by atoms with E-state index in [1.807, 2.05) is 18.2 Å². The van der Waals surface area contributed by atoms with Gasteiger partial charge in [0.2, 0.25) is 0 Å². The Morgan fingerprint density at radius 1 is 1.05 bits per heavy atom. The Bertz CT molecular complexity index is 583. The van der Waals surface area contributed by atoms with Gasteiger partial charge in [-0.1, -0.05) is 36.4 Å². The van der Waals surface area contributed by atoms with Gasteiger partial charge in [0, 0.05) is 11.6 Å². The number of halogens is 3. The van der Waals surface area contributed by atoms with Crippen LogP contribution in [0, 0.1) is 17.6 Å². The molecule has 2 aromatic rings. The van der Waals surface area contributed by atoms with E-state index in [0.29, 0.717) is 11.5 Å². The molecule has 3 unspecified atom stereocenters. The van der Waals surface area contributed by atoms with E-state index >= 15 is 0 Å². The lowest BCUT2D eigenvalue weighted by molar-refractivity contribution is 0.563. The molecule has 3 heteroatoms. The first-order valence-corrected chi connectivity index (χ1v) is 6.74. The van der Waals surface area contributed by atoms with Crippen molar-refractivity contribution in [3.8, 4) is 0 Å². The third-order valence-electron chi connectivity index (χ3n) is 3.70.